The van der Waals surface area contributed by atoms with Crippen LogP contribution in [-0.4, -0.2) is 11.8 Å². The van der Waals surface area contributed by atoms with Gasteiger partial charge in [0, 0.05) is 17.0 Å². The first-order valence-electron chi connectivity index (χ1n) is 6.58. The third kappa shape index (κ3) is 2.69. The normalized spacial score (nSPS) is 18.2. The van der Waals surface area contributed by atoms with E-state index in [9.17, 15) is 4.79 Å². The van der Waals surface area contributed by atoms with Crippen LogP contribution in [0.5, 0.6) is 0 Å². The van der Waals surface area contributed by atoms with E-state index < -0.39 is 0 Å². The number of hydrogen-bond acceptors (Lipinski definition) is 1. The average molecular weight is 266 g/mol. The Kier molecular flexibility index (Phi) is 3.96. The number of carbonyl (C=O) groups is 1. The van der Waals surface area contributed by atoms with Crippen LogP contribution in [-0.2, 0) is 4.79 Å². The lowest BCUT2D eigenvalue weighted by molar-refractivity contribution is -0.121. The Bertz CT molecular complexity index is 423. The van der Waals surface area contributed by atoms with Gasteiger partial charge in [0.1, 0.15) is 0 Å². The van der Waals surface area contributed by atoms with Crippen molar-refractivity contribution in [3.8, 4) is 0 Å². The summed E-state index contributed by atoms with van der Waals surface area (Å²) in [6, 6.07) is 7.99. The summed E-state index contributed by atoms with van der Waals surface area (Å²) in [5.74, 6) is 1.13. The number of nitrogens with one attached hydrogen (secondary N) is 1. The highest BCUT2D eigenvalue weighted by Crippen LogP contribution is 2.49. The molecule has 0 spiro atoms. The summed E-state index contributed by atoms with van der Waals surface area (Å²) in [5, 5.41) is 3.01. The van der Waals surface area contributed by atoms with Gasteiger partial charge in [0.05, 0.1) is 0 Å². The van der Waals surface area contributed by atoms with Gasteiger partial charge < -0.3 is 5.32 Å². The molecule has 98 valence electrons. The van der Waals surface area contributed by atoms with E-state index in [4.69, 9.17) is 11.6 Å². The zero-order valence-corrected chi connectivity index (χ0v) is 11.8. The van der Waals surface area contributed by atoms with Crippen molar-refractivity contribution in [2.75, 3.05) is 11.2 Å². The molecule has 0 saturated heterocycles. The second-order valence-electron chi connectivity index (χ2n) is 5.27. The molecule has 0 aliphatic heterocycles. The molecule has 0 heterocycles. The molecule has 1 unspecified atom stereocenters. The minimum Gasteiger partial charge on any atom is -0.326 e. The summed E-state index contributed by atoms with van der Waals surface area (Å²) >= 11 is 5.83. The maximum atomic E-state index is 12.1. The van der Waals surface area contributed by atoms with Crippen LogP contribution in [0, 0.1) is 5.41 Å². The van der Waals surface area contributed by atoms with Crippen LogP contribution in [0.3, 0.4) is 0 Å². The topological polar surface area (TPSA) is 29.1 Å². The van der Waals surface area contributed by atoms with Crippen LogP contribution in [0.2, 0.25) is 0 Å². The molecular formula is C15H20ClNO. The molecule has 1 aromatic carbocycles. The highest BCUT2D eigenvalue weighted by atomic mass is 35.5. The molecule has 1 saturated carbocycles. The van der Waals surface area contributed by atoms with Gasteiger partial charge >= 0.3 is 0 Å². The van der Waals surface area contributed by atoms with Gasteiger partial charge in [-0.3, -0.25) is 4.79 Å². The van der Waals surface area contributed by atoms with Gasteiger partial charge in [0.25, 0.3) is 0 Å². The molecule has 1 aromatic rings. The summed E-state index contributed by atoms with van der Waals surface area (Å²) in [5.41, 5.74) is 2.01. The molecule has 0 radical (unpaired) electrons. The van der Waals surface area contributed by atoms with Gasteiger partial charge in [-0.1, -0.05) is 26.0 Å². The molecule has 0 aromatic heterocycles. The highest BCUT2D eigenvalue weighted by Gasteiger charge is 2.47. The van der Waals surface area contributed by atoms with Gasteiger partial charge in [-0.05, 0) is 42.9 Å². The van der Waals surface area contributed by atoms with Crippen LogP contribution in [0.4, 0.5) is 5.69 Å². The van der Waals surface area contributed by atoms with Crippen LogP contribution < -0.4 is 5.32 Å². The summed E-state index contributed by atoms with van der Waals surface area (Å²) in [6.45, 7) is 4.18. The molecule has 1 atom stereocenters. The fourth-order valence-corrected chi connectivity index (χ4v) is 2.32. The maximum Gasteiger partial charge on any atom is 0.230 e. The van der Waals surface area contributed by atoms with E-state index in [1.807, 2.05) is 24.3 Å². The minimum absolute atomic E-state index is 0.0812. The summed E-state index contributed by atoms with van der Waals surface area (Å²) in [7, 11) is 0. The van der Waals surface area contributed by atoms with Crippen molar-refractivity contribution in [1.29, 1.82) is 0 Å². The SMILES string of the molecule is CCC1(C(=O)Nc2ccc(C(C)CCl)cc2)CC1. The van der Waals surface area contributed by atoms with Crippen molar-refractivity contribution in [2.24, 2.45) is 5.41 Å². The van der Waals surface area contributed by atoms with E-state index in [0.29, 0.717) is 11.8 Å². The Labute approximate surface area is 114 Å². The molecule has 1 amide bonds. The van der Waals surface area contributed by atoms with Crippen molar-refractivity contribution in [2.45, 2.75) is 39.0 Å². The Morgan fingerprint density at radius 3 is 2.44 bits per heavy atom. The number of alkyl halides is 1. The Hall–Kier alpha value is -1.02. The van der Waals surface area contributed by atoms with E-state index in [2.05, 4.69) is 19.2 Å². The first-order valence-corrected chi connectivity index (χ1v) is 7.12. The van der Waals surface area contributed by atoms with Crippen LogP contribution in [0.15, 0.2) is 24.3 Å². The fraction of sp³-hybridized carbons (Fsp3) is 0.533. The van der Waals surface area contributed by atoms with Crippen LogP contribution in [0.25, 0.3) is 0 Å². The van der Waals surface area contributed by atoms with E-state index in [1.54, 1.807) is 0 Å². The smallest absolute Gasteiger partial charge is 0.230 e. The third-order valence-electron chi connectivity index (χ3n) is 3.98. The van der Waals surface area contributed by atoms with Crippen molar-refractivity contribution in [3.63, 3.8) is 0 Å². The highest BCUT2D eigenvalue weighted by molar-refractivity contribution is 6.18. The van der Waals surface area contributed by atoms with Gasteiger partial charge in [0.15, 0.2) is 0 Å². The van der Waals surface area contributed by atoms with E-state index in [1.165, 1.54) is 5.56 Å². The van der Waals surface area contributed by atoms with Crippen molar-refractivity contribution in [3.05, 3.63) is 29.8 Å². The van der Waals surface area contributed by atoms with Gasteiger partial charge in [-0.15, -0.1) is 11.6 Å². The second-order valence-corrected chi connectivity index (χ2v) is 5.57. The van der Waals surface area contributed by atoms with Crippen molar-refractivity contribution < 1.29 is 4.79 Å². The fourth-order valence-electron chi connectivity index (χ4n) is 2.14. The first kappa shape index (κ1) is 13.4. The monoisotopic (exact) mass is 265 g/mol. The molecule has 2 rings (SSSR count). The molecule has 1 fully saturated rings. The van der Waals surface area contributed by atoms with Gasteiger partial charge in [0.2, 0.25) is 5.91 Å². The van der Waals surface area contributed by atoms with Crippen molar-refractivity contribution >= 4 is 23.2 Å². The number of benzene rings is 1. The average Bonchev–Trinajstić information content (AvgIpc) is 3.19. The summed E-state index contributed by atoms with van der Waals surface area (Å²) in [4.78, 5) is 12.1. The largest absolute Gasteiger partial charge is 0.326 e. The van der Waals surface area contributed by atoms with Crippen LogP contribution >= 0.6 is 11.6 Å². The van der Waals surface area contributed by atoms with Crippen molar-refractivity contribution in [1.82, 2.24) is 0 Å². The summed E-state index contributed by atoms with van der Waals surface area (Å²) in [6.07, 6.45) is 2.98. The predicted molar refractivity (Wildman–Crippen MR) is 76.2 cm³/mol. The lowest BCUT2D eigenvalue weighted by Gasteiger charge is -2.14. The zero-order valence-electron chi connectivity index (χ0n) is 11.0. The van der Waals surface area contributed by atoms with Crippen LogP contribution in [0.1, 0.15) is 44.6 Å². The third-order valence-corrected chi connectivity index (χ3v) is 4.44. The quantitative estimate of drug-likeness (QED) is 0.796. The lowest BCUT2D eigenvalue weighted by Crippen LogP contribution is -2.23. The van der Waals surface area contributed by atoms with E-state index in [-0.39, 0.29) is 11.3 Å². The Morgan fingerprint density at radius 1 is 1.39 bits per heavy atom. The molecule has 1 N–H and O–H groups in total. The number of halogens is 1. The molecule has 18 heavy (non-hydrogen) atoms. The summed E-state index contributed by atoms with van der Waals surface area (Å²) < 4.78 is 0. The number of carbonyl (C=O) groups excluding carboxylic acids is 1. The molecule has 0 bridgehead atoms. The molecule has 3 heteroatoms. The van der Waals surface area contributed by atoms with E-state index >= 15 is 0 Å². The first-order chi connectivity index (χ1) is 8.61. The second kappa shape index (κ2) is 5.31. The predicted octanol–water partition coefficient (Wildman–Crippen LogP) is 4.16. The minimum atomic E-state index is -0.0812. The standard InChI is InChI=1S/C15H20ClNO/c1-3-15(8-9-15)14(18)17-13-6-4-12(5-7-13)11(2)10-16/h4-7,11H,3,8-10H2,1-2H3,(H,17,18). The molecular weight excluding hydrogens is 246 g/mol. The Morgan fingerprint density at radius 2 is 2.00 bits per heavy atom. The number of anilines is 1. The molecule has 2 nitrogen and oxygen atoms in total. The molecule has 1 aliphatic rings. The molecule has 1 aliphatic carbocycles. The lowest BCUT2D eigenvalue weighted by atomic mass is 10.0. The number of hydrogen-bond donors (Lipinski definition) is 1. The maximum absolute atomic E-state index is 12.1. The Balaban J connectivity index is 2.00. The number of amides is 1. The zero-order chi connectivity index (χ0) is 13.2. The van der Waals surface area contributed by atoms with E-state index in [0.717, 1.165) is 24.9 Å². The van der Waals surface area contributed by atoms with Gasteiger partial charge in [-0.2, -0.15) is 0 Å². The number of rotatable bonds is 5. The van der Waals surface area contributed by atoms with Gasteiger partial charge in [-0.25, -0.2) is 0 Å².